The van der Waals surface area contributed by atoms with Crippen molar-refractivity contribution in [3.8, 4) is 11.5 Å². The van der Waals surface area contributed by atoms with Gasteiger partial charge in [-0.2, -0.15) is 0 Å². The van der Waals surface area contributed by atoms with Crippen LogP contribution in [0.15, 0.2) is 53.5 Å². The van der Waals surface area contributed by atoms with E-state index in [1.807, 2.05) is 48.5 Å². The number of aliphatic imine (C=N–C) groups is 1. The number of ether oxygens (including phenoxy) is 4. The summed E-state index contributed by atoms with van der Waals surface area (Å²) in [7, 11) is 4.51. The SMILES string of the molecule is COC(=O)[C@@H]1N=C(c2ccccc2OC)O[C@H]1c1ccc(OC)cc1. The topological polar surface area (TPSA) is 66.4 Å². The van der Waals surface area contributed by atoms with Gasteiger partial charge in [-0.05, 0) is 29.8 Å². The van der Waals surface area contributed by atoms with E-state index in [9.17, 15) is 4.79 Å². The second-order valence-electron chi connectivity index (χ2n) is 5.41. The van der Waals surface area contributed by atoms with Crippen molar-refractivity contribution in [2.24, 2.45) is 4.99 Å². The summed E-state index contributed by atoms with van der Waals surface area (Å²) in [6.45, 7) is 0. The van der Waals surface area contributed by atoms with Crippen LogP contribution in [0.2, 0.25) is 0 Å². The van der Waals surface area contributed by atoms with Crippen molar-refractivity contribution in [3.05, 3.63) is 59.7 Å². The lowest BCUT2D eigenvalue weighted by Crippen LogP contribution is -2.25. The highest BCUT2D eigenvalue weighted by Crippen LogP contribution is 2.34. The first-order chi connectivity index (χ1) is 12.2. The molecule has 6 nitrogen and oxygen atoms in total. The van der Waals surface area contributed by atoms with E-state index in [4.69, 9.17) is 18.9 Å². The van der Waals surface area contributed by atoms with Gasteiger partial charge in [0.15, 0.2) is 12.1 Å². The monoisotopic (exact) mass is 341 g/mol. The first-order valence-electron chi connectivity index (χ1n) is 7.77. The number of para-hydroxylation sites is 1. The minimum atomic E-state index is -0.779. The third-order valence-electron chi connectivity index (χ3n) is 4.01. The van der Waals surface area contributed by atoms with Crippen LogP contribution in [-0.2, 0) is 14.3 Å². The normalized spacial score (nSPS) is 18.9. The van der Waals surface area contributed by atoms with E-state index in [0.29, 0.717) is 17.2 Å². The van der Waals surface area contributed by atoms with Crippen LogP contribution in [0.3, 0.4) is 0 Å². The third-order valence-corrected chi connectivity index (χ3v) is 4.01. The Hall–Kier alpha value is -3.02. The van der Waals surface area contributed by atoms with Gasteiger partial charge in [0, 0.05) is 0 Å². The lowest BCUT2D eigenvalue weighted by Gasteiger charge is -2.17. The second kappa shape index (κ2) is 7.25. The van der Waals surface area contributed by atoms with Gasteiger partial charge in [-0.1, -0.05) is 24.3 Å². The Kier molecular flexibility index (Phi) is 4.88. The molecule has 0 amide bonds. The summed E-state index contributed by atoms with van der Waals surface area (Å²) in [5, 5.41) is 0. The molecule has 25 heavy (non-hydrogen) atoms. The molecule has 0 N–H and O–H groups in total. The molecule has 130 valence electrons. The molecule has 6 heteroatoms. The maximum absolute atomic E-state index is 12.2. The molecule has 2 aromatic rings. The Bertz CT molecular complexity index is 785. The van der Waals surface area contributed by atoms with Gasteiger partial charge in [-0.3, -0.25) is 0 Å². The van der Waals surface area contributed by atoms with E-state index in [0.717, 1.165) is 11.3 Å². The Morgan fingerprint density at radius 1 is 1.00 bits per heavy atom. The molecule has 0 fully saturated rings. The van der Waals surface area contributed by atoms with Gasteiger partial charge in [0.1, 0.15) is 11.5 Å². The van der Waals surface area contributed by atoms with Crippen molar-refractivity contribution in [1.29, 1.82) is 0 Å². The molecule has 0 saturated heterocycles. The predicted octanol–water partition coefficient (Wildman–Crippen LogP) is 2.76. The van der Waals surface area contributed by atoms with Gasteiger partial charge < -0.3 is 18.9 Å². The smallest absolute Gasteiger partial charge is 0.335 e. The zero-order valence-corrected chi connectivity index (χ0v) is 14.3. The van der Waals surface area contributed by atoms with Crippen molar-refractivity contribution in [2.45, 2.75) is 12.1 Å². The molecule has 0 unspecified atom stereocenters. The van der Waals surface area contributed by atoms with Crippen LogP contribution in [-0.4, -0.2) is 39.2 Å². The summed E-state index contributed by atoms with van der Waals surface area (Å²) in [4.78, 5) is 16.6. The fourth-order valence-electron chi connectivity index (χ4n) is 2.70. The van der Waals surface area contributed by atoms with Crippen molar-refractivity contribution >= 4 is 11.9 Å². The number of rotatable bonds is 5. The highest BCUT2D eigenvalue weighted by Gasteiger charge is 2.39. The van der Waals surface area contributed by atoms with Gasteiger partial charge >= 0.3 is 5.97 Å². The summed E-state index contributed by atoms with van der Waals surface area (Å²) < 4.78 is 21.4. The minimum absolute atomic E-state index is 0.355. The molecule has 0 radical (unpaired) electrons. The largest absolute Gasteiger partial charge is 0.497 e. The van der Waals surface area contributed by atoms with Crippen LogP contribution in [0.4, 0.5) is 0 Å². The number of hydrogen-bond donors (Lipinski definition) is 0. The number of carbonyl (C=O) groups excluding carboxylic acids is 1. The minimum Gasteiger partial charge on any atom is -0.497 e. The fourth-order valence-corrected chi connectivity index (χ4v) is 2.70. The summed E-state index contributed by atoms with van der Waals surface area (Å²) >= 11 is 0. The second-order valence-corrected chi connectivity index (χ2v) is 5.41. The third kappa shape index (κ3) is 3.28. The molecule has 3 rings (SSSR count). The first kappa shape index (κ1) is 16.8. The van der Waals surface area contributed by atoms with E-state index in [1.54, 1.807) is 14.2 Å². The lowest BCUT2D eigenvalue weighted by molar-refractivity contribution is -0.143. The molecule has 0 bridgehead atoms. The molecular formula is C19H19NO5. The van der Waals surface area contributed by atoms with Gasteiger partial charge in [-0.25, -0.2) is 9.79 Å². The van der Waals surface area contributed by atoms with Crippen LogP contribution in [0.1, 0.15) is 17.2 Å². The van der Waals surface area contributed by atoms with Crippen molar-refractivity contribution in [3.63, 3.8) is 0 Å². The number of carbonyl (C=O) groups is 1. The average Bonchev–Trinajstić information content (AvgIpc) is 3.12. The number of esters is 1. The quantitative estimate of drug-likeness (QED) is 0.783. The Morgan fingerprint density at radius 2 is 1.72 bits per heavy atom. The zero-order valence-electron chi connectivity index (χ0n) is 14.3. The summed E-state index contributed by atoms with van der Waals surface area (Å²) in [6.07, 6.45) is -0.571. The summed E-state index contributed by atoms with van der Waals surface area (Å²) in [5.41, 5.74) is 1.50. The molecule has 1 heterocycles. The van der Waals surface area contributed by atoms with Gasteiger partial charge in [0.25, 0.3) is 0 Å². The number of methoxy groups -OCH3 is 3. The van der Waals surface area contributed by atoms with E-state index in [1.165, 1.54) is 7.11 Å². The number of hydrogen-bond acceptors (Lipinski definition) is 6. The average molecular weight is 341 g/mol. The fraction of sp³-hybridized carbons (Fsp3) is 0.263. The number of nitrogens with zero attached hydrogens (tertiary/aromatic N) is 1. The molecule has 0 aliphatic carbocycles. The van der Waals surface area contributed by atoms with E-state index >= 15 is 0 Å². The zero-order chi connectivity index (χ0) is 17.8. The Labute approximate surface area is 146 Å². The molecule has 2 atom stereocenters. The summed E-state index contributed by atoms with van der Waals surface area (Å²) in [6, 6.07) is 13.9. The molecule has 2 aromatic carbocycles. The van der Waals surface area contributed by atoms with E-state index in [2.05, 4.69) is 4.99 Å². The molecule has 0 spiro atoms. The lowest BCUT2D eigenvalue weighted by atomic mass is 10.0. The Morgan fingerprint density at radius 3 is 2.36 bits per heavy atom. The van der Waals surface area contributed by atoms with Gasteiger partial charge in [-0.15, -0.1) is 0 Å². The standard InChI is InChI=1S/C19H19NO5/c1-22-13-10-8-12(9-11-13)17-16(19(21)24-3)20-18(25-17)14-6-4-5-7-15(14)23-2/h4-11,16-17H,1-3H3/t16-,17+/m1/s1. The van der Waals surface area contributed by atoms with Crippen LogP contribution in [0.5, 0.6) is 11.5 Å². The van der Waals surface area contributed by atoms with Crippen molar-refractivity contribution in [2.75, 3.05) is 21.3 Å². The molecule has 1 aliphatic heterocycles. The highest BCUT2D eigenvalue weighted by atomic mass is 16.5. The molecule has 0 aromatic heterocycles. The maximum Gasteiger partial charge on any atom is 0.335 e. The first-order valence-corrected chi connectivity index (χ1v) is 7.77. The van der Waals surface area contributed by atoms with Crippen molar-refractivity contribution < 1.29 is 23.7 Å². The van der Waals surface area contributed by atoms with E-state index < -0.39 is 18.1 Å². The molecular weight excluding hydrogens is 322 g/mol. The van der Waals surface area contributed by atoms with Gasteiger partial charge in [0.2, 0.25) is 5.90 Å². The molecule has 0 saturated carbocycles. The Balaban J connectivity index is 1.96. The predicted molar refractivity (Wildman–Crippen MR) is 92.2 cm³/mol. The van der Waals surface area contributed by atoms with Crippen LogP contribution < -0.4 is 9.47 Å². The highest BCUT2D eigenvalue weighted by molar-refractivity contribution is 6.00. The van der Waals surface area contributed by atoms with E-state index in [-0.39, 0.29) is 0 Å². The van der Waals surface area contributed by atoms with Crippen LogP contribution >= 0.6 is 0 Å². The maximum atomic E-state index is 12.2. The summed E-state index contributed by atoms with van der Waals surface area (Å²) in [5.74, 6) is 1.25. The molecule has 1 aliphatic rings. The number of benzene rings is 2. The van der Waals surface area contributed by atoms with Crippen molar-refractivity contribution in [1.82, 2.24) is 0 Å². The van der Waals surface area contributed by atoms with Crippen LogP contribution in [0.25, 0.3) is 0 Å². The van der Waals surface area contributed by atoms with Crippen LogP contribution in [0, 0.1) is 0 Å². The van der Waals surface area contributed by atoms with Gasteiger partial charge in [0.05, 0.1) is 26.9 Å².